The predicted octanol–water partition coefficient (Wildman–Crippen LogP) is 1.90. The summed E-state index contributed by atoms with van der Waals surface area (Å²) in [6, 6.07) is 3.17. The summed E-state index contributed by atoms with van der Waals surface area (Å²) < 4.78 is 15.1. The van der Waals surface area contributed by atoms with Crippen molar-refractivity contribution in [3.05, 3.63) is 23.3 Å². The Morgan fingerprint density at radius 3 is 2.35 bits per heavy atom. The van der Waals surface area contributed by atoms with Crippen LogP contribution < -0.4 is 9.47 Å². The molecule has 0 heterocycles. The molecule has 1 aromatic rings. The molecule has 0 aliphatic rings. The zero-order valence-electron chi connectivity index (χ0n) is 11.8. The summed E-state index contributed by atoms with van der Waals surface area (Å²) in [5.41, 5.74) is 1.06. The maximum Gasteiger partial charge on any atom is 0.337 e. The van der Waals surface area contributed by atoms with Gasteiger partial charge in [-0.2, -0.15) is 0 Å². The molecule has 0 aliphatic carbocycles. The minimum Gasteiger partial charge on any atom is -0.493 e. The molecule has 0 saturated carbocycles. The Labute approximate surface area is 117 Å². The number of ether oxygens (including phenoxy) is 3. The third-order valence-corrected chi connectivity index (χ3v) is 2.81. The lowest BCUT2D eigenvalue weighted by atomic mass is 10.0. The van der Waals surface area contributed by atoms with Crippen molar-refractivity contribution in [3.8, 4) is 11.5 Å². The van der Waals surface area contributed by atoms with Crippen molar-refractivity contribution >= 4 is 11.9 Å². The van der Waals surface area contributed by atoms with Crippen LogP contribution >= 0.6 is 0 Å². The fourth-order valence-electron chi connectivity index (χ4n) is 1.89. The molecule has 0 spiro atoms. The monoisotopic (exact) mass is 282 g/mol. The second-order valence-electron chi connectivity index (χ2n) is 4.11. The molecule has 20 heavy (non-hydrogen) atoms. The molecule has 0 unspecified atom stereocenters. The summed E-state index contributed by atoms with van der Waals surface area (Å²) in [7, 11) is 4.26. The number of carbonyl (C=O) groups is 2. The van der Waals surface area contributed by atoms with Gasteiger partial charge in [0.2, 0.25) is 0 Å². The molecular formula is C14H18O6. The summed E-state index contributed by atoms with van der Waals surface area (Å²) in [5.74, 6) is -0.420. The van der Waals surface area contributed by atoms with Crippen LogP contribution in [0.25, 0.3) is 0 Å². The van der Waals surface area contributed by atoms with Crippen LogP contribution in [0.1, 0.15) is 28.8 Å². The average Bonchev–Trinajstić information content (AvgIpc) is 2.44. The van der Waals surface area contributed by atoms with E-state index in [1.54, 1.807) is 6.07 Å². The molecule has 0 amide bonds. The van der Waals surface area contributed by atoms with Gasteiger partial charge in [0.1, 0.15) is 0 Å². The SMILES string of the molecule is COC(=O)c1cc(CCCC(=O)O)c(OC)c(OC)c1. The standard InChI is InChI=1S/C14H18O6/c1-18-11-8-10(14(17)20-3)7-9(13(11)19-2)5-4-6-12(15)16/h7-8H,4-6H2,1-3H3,(H,15,16). The van der Waals surface area contributed by atoms with Crippen LogP contribution in [-0.2, 0) is 16.0 Å². The number of rotatable bonds is 7. The molecule has 1 aromatic carbocycles. The highest BCUT2D eigenvalue weighted by Crippen LogP contribution is 2.33. The first-order valence-corrected chi connectivity index (χ1v) is 6.08. The molecule has 1 N–H and O–H groups in total. The minimum absolute atomic E-state index is 0.0495. The molecule has 110 valence electrons. The highest BCUT2D eigenvalue weighted by Gasteiger charge is 2.16. The highest BCUT2D eigenvalue weighted by molar-refractivity contribution is 5.90. The first-order valence-electron chi connectivity index (χ1n) is 6.08. The maximum atomic E-state index is 11.6. The van der Waals surface area contributed by atoms with Gasteiger partial charge in [0.15, 0.2) is 11.5 Å². The van der Waals surface area contributed by atoms with Gasteiger partial charge in [-0.3, -0.25) is 4.79 Å². The number of methoxy groups -OCH3 is 3. The number of hydrogen-bond acceptors (Lipinski definition) is 5. The Morgan fingerprint density at radius 2 is 1.85 bits per heavy atom. The van der Waals surface area contributed by atoms with Crippen molar-refractivity contribution < 1.29 is 28.9 Å². The van der Waals surface area contributed by atoms with E-state index in [0.717, 1.165) is 0 Å². The van der Waals surface area contributed by atoms with Gasteiger partial charge in [-0.15, -0.1) is 0 Å². The second-order valence-corrected chi connectivity index (χ2v) is 4.11. The molecule has 0 saturated heterocycles. The van der Waals surface area contributed by atoms with E-state index in [-0.39, 0.29) is 6.42 Å². The lowest BCUT2D eigenvalue weighted by molar-refractivity contribution is -0.137. The van der Waals surface area contributed by atoms with Gasteiger partial charge in [-0.25, -0.2) is 4.79 Å². The lowest BCUT2D eigenvalue weighted by Crippen LogP contribution is -2.05. The largest absolute Gasteiger partial charge is 0.493 e. The molecule has 0 aromatic heterocycles. The van der Waals surface area contributed by atoms with Gasteiger partial charge in [0, 0.05) is 6.42 Å². The van der Waals surface area contributed by atoms with Crippen LogP contribution in [0.2, 0.25) is 0 Å². The Kier molecular flexibility index (Phi) is 5.83. The Hall–Kier alpha value is -2.24. The number of carboxylic acid groups (broad SMARTS) is 1. The predicted molar refractivity (Wildman–Crippen MR) is 71.5 cm³/mol. The van der Waals surface area contributed by atoms with Gasteiger partial charge >= 0.3 is 11.9 Å². The van der Waals surface area contributed by atoms with E-state index in [9.17, 15) is 9.59 Å². The van der Waals surface area contributed by atoms with Crippen LogP contribution in [0.4, 0.5) is 0 Å². The van der Waals surface area contributed by atoms with E-state index < -0.39 is 11.9 Å². The molecule has 0 bridgehead atoms. The fourth-order valence-corrected chi connectivity index (χ4v) is 1.89. The van der Waals surface area contributed by atoms with Crippen LogP contribution in [0.5, 0.6) is 11.5 Å². The Balaban J connectivity index is 3.10. The molecule has 6 nitrogen and oxygen atoms in total. The summed E-state index contributed by atoms with van der Waals surface area (Å²) >= 11 is 0. The number of esters is 1. The van der Waals surface area contributed by atoms with Crippen LogP contribution in [0.15, 0.2) is 12.1 Å². The van der Waals surface area contributed by atoms with Crippen molar-refractivity contribution in [2.45, 2.75) is 19.3 Å². The first kappa shape index (κ1) is 15.8. The van der Waals surface area contributed by atoms with Gasteiger partial charge in [0.25, 0.3) is 0 Å². The normalized spacial score (nSPS) is 9.95. The zero-order chi connectivity index (χ0) is 15.1. The van der Waals surface area contributed by atoms with Gasteiger partial charge in [0.05, 0.1) is 26.9 Å². The van der Waals surface area contributed by atoms with E-state index in [1.807, 2.05) is 0 Å². The highest BCUT2D eigenvalue weighted by atomic mass is 16.5. The van der Waals surface area contributed by atoms with Gasteiger partial charge in [-0.1, -0.05) is 0 Å². The van der Waals surface area contributed by atoms with E-state index in [4.69, 9.17) is 14.6 Å². The van der Waals surface area contributed by atoms with Crippen molar-refractivity contribution in [1.82, 2.24) is 0 Å². The Morgan fingerprint density at radius 1 is 1.15 bits per heavy atom. The summed E-state index contributed by atoms with van der Waals surface area (Å²) in [5, 5.41) is 8.67. The minimum atomic E-state index is -0.861. The first-order chi connectivity index (χ1) is 9.53. The topological polar surface area (TPSA) is 82.1 Å². The number of aryl methyl sites for hydroxylation is 1. The van der Waals surface area contributed by atoms with E-state index in [2.05, 4.69) is 4.74 Å². The molecule has 0 radical (unpaired) electrons. The number of benzene rings is 1. The molecular weight excluding hydrogens is 264 g/mol. The second kappa shape index (κ2) is 7.37. The summed E-state index contributed by atoms with van der Waals surface area (Å²) in [6.45, 7) is 0. The van der Waals surface area contributed by atoms with Crippen molar-refractivity contribution in [2.24, 2.45) is 0 Å². The molecule has 0 aliphatic heterocycles. The van der Waals surface area contributed by atoms with E-state index in [1.165, 1.54) is 27.4 Å². The quantitative estimate of drug-likeness (QED) is 0.769. The maximum absolute atomic E-state index is 11.6. The van der Waals surface area contributed by atoms with E-state index >= 15 is 0 Å². The number of aliphatic carboxylic acids is 1. The van der Waals surface area contributed by atoms with Crippen LogP contribution in [-0.4, -0.2) is 38.4 Å². The smallest absolute Gasteiger partial charge is 0.337 e. The zero-order valence-corrected chi connectivity index (χ0v) is 11.8. The number of hydrogen-bond donors (Lipinski definition) is 1. The number of carbonyl (C=O) groups excluding carboxylic acids is 1. The molecule has 6 heteroatoms. The lowest BCUT2D eigenvalue weighted by Gasteiger charge is -2.14. The third-order valence-electron chi connectivity index (χ3n) is 2.81. The molecule has 0 atom stereocenters. The van der Waals surface area contributed by atoms with Crippen molar-refractivity contribution in [3.63, 3.8) is 0 Å². The molecule has 0 fully saturated rings. The van der Waals surface area contributed by atoms with Crippen molar-refractivity contribution in [1.29, 1.82) is 0 Å². The van der Waals surface area contributed by atoms with Gasteiger partial charge < -0.3 is 19.3 Å². The van der Waals surface area contributed by atoms with Crippen molar-refractivity contribution in [2.75, 3.05) is 21.3 Å². The molecule has 1 rings (SSSR count). The average molecular weight is 282 g/mol. The van der Waals surface area contributed by atoms with Crippen LogP contribution in [0.3, 0.4) is 0 Å². The van der Waals surface area contributed by atoms with Gasteiger partial charge in [-0.05, 0) is 30.5 Å². The Bertz CT molecular complexity index is 495. The van der Waals surface area contributed by atoms with Crippen LogP contribution in [0, 0.1) is 0 Å². The summed E-state index contributed by atoms with van der Waals surface area (Å²) in [4.78, 5) is 22.2. The third kappa shape index (κ3) is 3.88. The number of carboxylic acids is 1. The fraction of sp³-hybridized carbons (Fsp3) is 0.429. The van der Waals surface area contributed by atoms with E-state index in [0.29, 0.717) is 35.5 Å². The summed E-state index contributed by atoms with van der Waals surface area (Å²) in [6.07, 6.45) is 0.962.